The third-order valence-electron chi connectivity index (χ3n) is 3.08. The smallest absolute Gasteiger partial charge is 0.271 e. The second kappa shape index (κ2) is 6.69. The highest BCUT2D eigenvalue weighted by molar-refractivity contribution is 7.82. The van der Waals surface area contributed by atoms with E-state index in [-0.39, 0.29) is 10.7 Å². The van der Waals surface area contributed by atoms with Gasteiger partial charge in [0.25, 0.3) is 5.69 Å². The molecule has 0 spiro atoms. The van der Waals surface area contributed by atoms with E-state index in [1.54, 1.807) is 12.1 Å². The molecule has 0 atom stereocenters. The Morgan fingerprint density at radius 3 is 2.79 bits per heavy atom. The molecule has 0 aliphatic heterocycles. The standard InChI is InChI=1S/C15H11N5O2S2/c16-14(23)13(15-17-11-6-1-2-7-12(11)24-15)19-18-9-4-3-5-10(8-9)20(21)22/h1-8,18H,(H2,16,23)/b19-13-. The molecular formula is C15H11N5O2S2. The van der Waals surface area contributed by atoms with Crippen LogP contribution in [0.5, 0.6) is 0 Å². The molecule has 1 heterocycles. The summed E-state index contributed by atoms with van der Waals surface area (Å²) in [5.41, 5.74) is 10.1. The fraction of sp³-hybridized carbons (Fsp3) is 0. The fourth-order valence-corrected chi connectivity index (χ4v) is 3.17. The summed E-state index contributed by atoms with van der Waals surface area (Å²) in [5.74, 6) is 0. The molecule has 0 bridgehead atoms. The van der Waals surface area contributed by atoms with Crippen molar-refractivity contribution >= 4 is 55.8 Å². The van der Waals surface area contributed by atoms with Crippen molar-refractivity contribution in [2.45, 2.75) is 0 Å². The molecule has 0 radical (unpaired) electrons. The van der Waals surface area contributed by atoms with Gasteiger partial charge in [-0.1, -0.05) is 30.4 Å². The van der Waals surface area contributed by atoms with Crippen LogP contribution in [0.25, 0.3) is 10.2 Å². The van der Waals surface area contributed by atoms with Gasteiger partial charge in [0.05, 0.1) is 20.8 Å². The molecule has 0 aliphatic rings. The molecule has 0 aliphatic carbocycles. The Morgan fingerprint density at radius 2 is 2.08 bits per heavy atom. The number of thiocarbonyl (C=S) groups is 1. The van der Waals surface area contributed by atoms with Gasteiger partial charge in [0.1, 0.15) is 10.00 Å². The molecule has 24 heavy (non-hydrogen) atoms. The summed E-state index contributed by atoms with van der Waals surface area (Å²) >= 11 is 6.47. The van der Waals surface area contributed by atoms with Crippen molar-refractivity contribution in [3.63, 3.8) is 0 Å². The summed E-state index contributed by atoms with van der Waals surface area (Å²) in [6.07, 6.45) is 0. The molecule has 1 aromatic heterocycles. The summed E-state index contributed by atoms with van der Waals surface area (Å²) < 4.78 is 0.992. The van der Waals surface area contributed by atoms with Gasteiger partial charge in [-0.3, -0.25) is 15.5 Å². The van der Waals surface area contributed by atoms with Crippen LogP contribution in [-0.2, 0) is 0 Å². The van der Waals surface area contributed by atoms with Gasteiger partial charge in [-0.05, 0) is 18.2 Å². The first-order valence-corrected chi connectivity index (χ1v) is 8.01. The second-order valence-electron chi connectivity index (χ2n) is 4.73. The van der Waals surface area contributed by atoms with Gasteiger partial charge in [-0.2, -0.15) is 5.10 Å². The van der Waals surface area contributed by atoms with Gasteiger partial charge < -0.3 is 5.73 Å². The monoisotopic (exact) mass is 357 g/mol. The van der Waals surface area contributed by atoms with Crippen molar-refractivity contribution in [2.75, 3.05) is 5.43 Å². The Hall–Kier alpha value is -2.91. The van der Waals surface area contributed by atoms with Crippen molar-refractivity contribution in [1.82, 2.24) is 4.98 Å². The fourth-order valence-electron chi connectivity index (χ4n) is 1.99. The van der Waals surface area contributed by atoms with Crippen molar-refractivity contribution in [2.24, 2.45) is 10.8 Å². The predicted molar refractivity (Wildman–Crippen MR) is 99.7 cm³/mol. The highest BCUT2D eigenvalue weighted by atomic mass is 32.1. The van der Waals surface area contributed by atoms with Crippen LogP contribution in [0.3, 0.4) is 0 Å². The van der Waals surface area contributed by atoms with Gasteiger partial charge in [0.2, 0.25) is 0 Å². The minimum absolute atomic E-state index is 0.0351. The van der Waals surface area contributed by atoms with Gasteiger partial charge in [-0.25, -0.2) is 4.98 Å². The van der Waals surface area contributed by atoms with Crippen molar-refractivity contribution in [1.29, 1.82) is 0 Å². The van der Waals surface area contributed by atoms with Crippen molar-refractivity contribution < 1.29 is 4.92 Å². The van der Waals surface area contributed by atoms with Gasteiger partial charge >= 0.3 is 0 Å². The molecule has 3 aromatic rings. The van der Waals surface area contributed by atoms with E-state index < -0.39 is 4.92 Å². The van der Waals surface area contributed by atoms with Crippen LogP contribution in [0.15, 0.2) is 53.6 Å². The molecule has 0 amide bonds. The number of rotatable bonds is 5. The molecule has 7 nitrogen and oxygen atoms in total. The van der Waals surface area contributed by atoms with E-state index in [0.717, 1.165) is 10.2 Å². The number of fused-ring (bicyclic) bond motifs is 1. The number of nitrogens with one attached hydrogen (secondary N) is 1. The maximum atomic E-state index is 10.8. The normalized spacial score (nSPS) is 11.4. The summed E-state index contributed by atoms with van der Waals surface area (Å²) in [4.78, 5) is 14.9. The van der Waals surface area contributed by atoms with E-state index in [1.807, 2.05) is 24.3 Å². The maximum absolute atomic E-state index is 10.8. The van der Waals surface area contributed by atoms with E-state index in [2.05, 4.69) is 15.5 Å². The van der Waals surface area contributed by atoms with E-state index in [0.29, 0.717) is 16.4 Å². The molecule has 0 saturated heterocycles. The zero-order valence-electron chi connectivity index (χ0n) is 12.2. The van der Waals surface area contributed by atoms with Crippen LogP contribution in [-0.4, -0.2) is 20.6 Å². The average molecular weight is 357 g/mol. The summed E-state index contributed by atoms with van der Waals surface area (Å²) in [7, 11) is 0. The van der Waals surface area contributed by atoms with Crippen LogP contribution >= 0.6 is 23.6 Å². The molecule has 9 heteroatoms. The quantitative estimate of drug-likeness (QED) is 0.314. The maximum Gasteiger partial charge on any atom is 0.271 e. The largest absolute Gasteiger partial charge is 0.388 e. The average Bonchev–Trinajstić information content (AvgIpc) is 2.98. The molecule has 0 fully saturated rings. The number of nitro groups is 1. The SMILES string of the molecule is NC(=S)/C(=N/Nc1cccc([N+](=O)[O-])c1)c1nc2ccccc2s1. The Morgan fingerprint density at radius 1 is 1.29 bits per heavy atom. The lowest BCUT2D eigenvalue weighted by Gasteiger charge is -2.03. The topological polar surface area (TPSA) is 106 Å². The van der Waals surface area contributed by atoms with E-state index in [9.17, 15) is 10.1 Å². The lowest BCUT2D eigenvalue weighted by atomic mass is 10.3. The molecule has 3 N–H and O–H groups in total. The Balaban J connectivity index is 1.93. The third-order valence-corrected chi connectivity index (χ3v) is 4.32. The molecule has 0 unspecified atom stereocenters. The van der Waals surface area contributed by atoms with Crippen LogP contribution in [0.2, 0.25) is 0 Å². The number of para-hydroxylation sites is 1. The molecular weight excluding hydrogens is 346 g/mol. The summed E-state index contributed by atoms with van der Waals surface area (Å²) in [6.45, 7) is 0. The Labute approximate surface area is 146 Å². The van der Waals surface area contributed by atoms with E-state index >= 15 is 0 Å². The number of nitro benzene ring substituents is 1. The predicted octanol–water partition coefficient (Wildman–Crippen LogP) is 3.31. The minimum Gasteiger partial charge on any atom is -0.388 e. The number of nitrogens with two attached hydrogens (primary N) is 1. The van der Waals surface area contributed by atoms with Crippen LogP contribution in [0.4, 0.5) is 11.4 Å². The molecule has 0 saturated carbocycles. The highest BCUT2D eigenvalue weighted by Gasteiger charge is 2.13. The number of aromatic nitrogens is 1. The number of anilines is 1. The van der Waals surface area contributed by atoms with Gasteiger partial charge in [0.15, 0.2) is 5.71 Å². The third kappa shape index (κ3) is 3.36. The zero-order valence-corrected chi connectivity index (χ0v) is 13.8. The number of hydrogen-bond donors (Lipinski definition) is 2. The Bertz CT molecular complexity index is 934. The lowest BCUT2D eigenvalue weighted by Crippen LogP contribution is -2.23. The minimum atomic E-state index is -0.475. The molecule has 120 valence electrons. The number of nitrogens with zero attached hydrogens (tertiary/aromatic N) is 3. The van der Waals surface area contributed by atoms with Crippen molar-refractivity contribution in [3.8, 4) is 0 Å². The zero-order chi connectivity index (χ0) is 17.1. The number of hydrogen-bond acceptors (Lipinski definition) is 7. The molecule has 3 rings (SSSR count). The number of hydrazone groups is 1. The van der Waals surface area contributed by atoms with E-state index in [4.69, 9.17) is 18.0 Å². The van der Waals surface area contributed by atoms with E-state index in [1.165, 1.54) is 23.5 Å². The summed E-state index contributed by atoms with van der Waals surface area (Å²) in [5, 5.41) is 15.6. The van der Waals surface area contributed by atoms with Crippen LogP contribution in [0, 0.1) is 10.1 Å². The first-order valence-electron chi connectivity index (χ1n) is 6.78. The highest BCUT2D eigenvalue weighted by Crippen LogP contribution is 2.23. The number of benzene rings is 2. The van der Waals surface area contributed by atoms with Crippen LogP contribution in [0.1, 0.15) is 5.01 Å². The Kier molecular flexibility index (Phi) is 4.45. The molecule has 2 aromatic carbocycles. The second-order valence-corrected chi connectivity index (χ2v) is 6.20. The summed E-state index contributed by atoms with van der Waals surface area (Å²) in [6, 6.07) is 13.6. The van der Waals surface area contributed by atoms with Crippen LogP contribution < -0.4 is 11.2 Å². The number of non-ortho nitro benzene ring substituents is 1. The first kappa shape index (κ1) is 16.0. The lowest BCUT2D eigenvalue weighted by molar-refractivity contribution is -0.384. The number of thiazole rings is 1. The van der Waals surface area contributed by atoms with Crippen molar-refractivity contribution in [3.05, 3.63) is 63.7 Å². The van der Waals surface area contributed by atoms with Gasteiger partial charge in [-0.15, -0.1) is 11.3 Å². The first-order chi connectivity index (χ1) is 11.5. The van der Waals surface area contributed by atoms with Gasteiger partial charge in [0, 0.05) is 12.1 Å².